The lowest BCUT2D eigenvalue weighted by atomic mass is 10.1. The smallest absolute Gasteiger partial charge is 0.344 e. The molecule has 1 aliphatic rings. The van der Waals surface area contributed by atoms with Crippen LogP contribution in [-0.2, 0) is 13.1 Å². The van der Waals surface area contributed by atoms with E-state index in [4.69, 9.17) is 10.5 Å². The lowest BCUT2D eigenvalue weighted by Gasteiger charge is -2.26. The Morgan fingerprint density at radius 2 is 2.08 bits per heavy atom. The fraction of sp³-hybridized carbons (Fsp3) is 0.529. The number of benzene rings is 1. The molecule has 1 aromatic carbocycles. The van der Waals surface area contributed by atoms with E-state index in [0.29, 0.717) is 19.6 Å². The van der Waals surface area contributed by atoms with E-state index >= 15 is 0 Å². The van der Waals surface area contributed by atoms with Crippen molar-refractivity contribution in [3.63, 3.8) is 0 Å². The maximum atomic E-state index is 11.5. The van der Waals surface area contributed by atoms with Gasteiger partial charge < -0.3 is 10.5 Å². The lowest BCUT2D eigenvalue weighted by molar-refractivity contribution is 0.220. The van der Waals surface area contributed by atoms with Gasteiger partial charge in [-0.05, 0) is 50.0 Å². The summed E-state index contributed by atoms with van der Waals surface area (Å²) in [6.45, 7) is 4.38. The second kappa shape index (κ2) is 8.01. The van der Waals surface area contributed by atoms with E-state index in [1.807, 2.05) is 12.1 Å². The highest BCUT2D eigenvalue weighted by atomic mass is 16.5. The van der Waals surface area contributed by atoms with Crippen LogP contribution in [0.4, 0.5) is 5.95 Å². The Balaban J connectivity index is 1.47. The van der Waals surface area contributed by atoms with Gasteiger partial charge >= 0.3 is 5.69 Å². The average Bonchev–Trinajstić information content (AvgIpc) is 2.91. The van der Waals surface area contributed by atoms with Crippen molar-refractivity contribution in [3.8, 4) is 5.75 Å². The molecular formula is C17H25N5O2. The third-order valence-electron chi connectivity index (χ3n) is 4.34. The van der Waals surface area contributed by atoms with Crippen LogP contribution in [-0.4, -0.2) is 39.4 Å². The summed E-state index contributed by atoms with van der Waals surface area (Å²) in [6, 6.07) is 8.26. The van der Waals surface area contributed by atoms with E-state index in [-0.39, 0.29) is 11.6 Å². The number of hydrogen-bond donors (Lipinski definition) is 2. The first-order valence-corrected chi connectivity index (χ1v) is 8.57. The molecule has 3 rings (SSSR count). The molecule has 0 bridgehead atoms. The largest absolute Gasteiger partial charge is 0.494 e. The fourth-order valence-electron chi connectivity index (χ4n) is 3.07. The second-order valence-corrected chi connectivity index (χ2v) is 6.22. The summed E-state index contributed by atoms with van der Waals surface area (Å²) < 4.78 is 7.22. The normalized spacial score (nSPS) is 15.5. The van der Waals surface area contributed by atoms with Crippen LogP contribution < -0.4 is 16.2 Å². The number of nitrogens with zero attached hydrogens (tertiary/aromatic N) is 3. The molecule has 2 heterocycles. The van der Waals surface area contributed by atoms with E-state index in [1.54, 1.807) is 0 Å². The predicted molar refractivity (Wildman–Crippen MR) is 92.9 cm³/mol. The number of nitrogen functional groups attached to an aromatic ring is 1. The van der Waals surface area contributed by atoms with E-state index in [1.165, 1.54) is 42.5 Å². The van der Waals surface area contributed by atoms with Crippen molar-refractivity contribution >= 4 is 5.95 Å². The van der Waals surface area contributed by atoms with Crippen LogP contribution >= 0.6 is 0 Å². The molecule has 0 unspecified atom stereocenters. The third kappa shape index (κ3) is 4.38. The van der Waals surface area contributed by atoms with Gasteiger partial charge in [0, 0.05) is 13.1 Å². The van der Waals surface area contributed by atoms with Gasteiger partial charge in [0.05, 0.1) is 6.61 Å². The lowest BCUT2D eigenvalue weighted by Crippen LogP contribution is -2.29. The number of nitrogens with two attached hydrogens (primary N) is 1. The number of aromatic amines is 1. The van der Waals surface area contributed by atoms with E-state index in [0.717, 1.165) is 12.3 Å². The van der Waals surface area contributed by atoms with Crippen molar-refractivity contribution in [3.05, 3.63) is 40.3 Å². The topological polar surface area (TPSA) is 89.2 Å². The molecule has 1 fully saturated rings. The van der Waals surface area contributed by atoms with E-state index < -0.39 is 0 Å². The van der Waals surface area contributed by atoms with Crippen molar-refractivity contribution in [1.29, 1.82) is 0 Å². The second-order valence-electron chi connectivity index (χ2n) is 6.22. The average molecular weight is 331 g/mol. The molecule has 0 amide bonds. The molecule has 7 nitrogen and oxygen atoms in total. The molecule has 0 radical (unpaired) electrons. The summed E-state index contributed by atoms with van der Waals surface area (Å²) in [7, 11) is 0. The Morgan fingerprint density at radius 3 is 2.83 bits per heavy atom. The van der Waals surface area contributed by atoms with Crippen LogP contribution in [0, 0.1) is 0 Å². The quantitative estimate of drug-likeness (QED) is 0.752. The highest BCUT2D eigenvalue weighted by Crippen LogP contribution is 2.17. The van der Waals surface area contributed by atoms with Gasteiger partial charge in [-0.15, -0.1) is 5.10 Å². The number of aromatic nitrogens is 3. The molecule has 1 saturated heterocycles. The minimum atomic E-state index is -0.281. The molecule has 2 aromatic rings. The first-order chi connectivity index (χ1) is 11.7. The number of likely N-dealkylation sites (tertiary alicyclic amines) is 1. The van der Waals surface area contributed by atoms with Crippen LogP contribution in [0.3, 0.4) is 0 Å². The molecule has 7 heteroatoms. The summed E-state index contributed by atoms with van der Waals surface area (Å²) in [4.78, 5) is 14.0. The van der Waals surface area contributed by atoms with Crippen LogP contribution in [0.25, 0.3) is 0 Å². The molecule has 0 atom stereocenters. The molecular weight excluding hydrogens is 306 g/mol. The Morgan fingerprint density at radius 1 is 1.25 bits per heavy atom. The highest BCUT2D eigenvalue weighted by Gasteiger charge is 2.10. The molecule has 0 spiro atoms. The van der Waals surface area contributed by atoms with Gasteiger partial charge in [0.2, 0.25) is 5.95 Å². The SMILES string of the molecule is Nc1n[nH]c(=O)n1CCCOc1cccc(CN2CCCCC2)c1. The van der Waals surface area contributed by atoms with E-state index in [9.17, 15) is 4.79 Å². The van der Waals surface area contributed by atoms with Crippen molar-refractivity contribution in [2.75, 3.05) is 25.4 Å². The van der Waals surface area contributed by atoms with Gasteiger partial charge in [-0.1, -0.05) is 18.6 Å². The van der Waals surface area contributed by atoms with Crippen molar-refractivity contribution in [1.82, 2.24) is 19.7 Å². The number of piperidine rings is 1. The van der Waals surface area contributed by atoms with Crippen LogP contribution in [0.1, 0.15) is 31.2 Å². The van der Waals surface area contributed by atoms with Gasteiger partial charge in [0.15, 0.2) is 0 Å². The van der Waals surface area contributed by atoms with Crippen molar-refractivity contribution < 1.29 is 4.74 Å². The molecule has 0 saturated carbocycles. The number of hydrogen-bond acceptors (Lipinski definition) is 5. The summed E-state index contributed by atoms with van der Waals surface area (Å²) >= 11 is 0. The Kier molecular flexibility index (Phi) is 5.53. The van der Waals surface area contributed by atoms with Crippen LogP contribution in [0.2, 0.25) is 0 Å². The van der Waals surface area contributed by atoms with Gasteiger partial charge in [0.25, 0.3) is 0 Å². The van der Waals surface area contributed by atoms with Gasteiger partial charge in [-0.25, -0.2) is 9.89 Å². The first kappa shape index (κ1) is 16.6. The molecule has 24 heavy (non-hydrogen) atoms. The minimum Gasteiger partial charge on any atom is -0.494 e. The van der Waals surface area contributed by atoms with Gasteiger partial charge in [-0.2, -0.15) is 0 Å². The van der Waals surface area contributed by atoms with E-state index in [2.05, 4.69) is 27.2 Å². The highest BCUT2D eigenvalue weighted by molar-refractivity contribution is 5.28. The number of H-pyrrole nitrogens is 1. The molecule has 3 N–H and O–H groups in total. The summed E-state index contributed by atoms with van der Waals surface area (Å²) in [5.74, 6) is 1.08. The Bertz CT molecular complexity index is 703. The van der Waals surface area contributed by atoms with Crippen LogP contribution in [0.5, 0.6) is 5.75 Å². The molecule has 1 aromatic heterocycles. The van der Waals surface area contributed by atoms with Crippen molar-refractivity contribution in [2.24, 2.45) is 0 Å². The maximum absolute atomic E-state index is 11.5. The fourth-order valence-corrected chi connectivity index (χ4v) is 3.07. The maximum Gasteiger partial charge on any atom is 0.344 e. The molecule has 1 aliphatic heterocycles. The van der Waals surface area contributed by atoms with Crippen molar-refractivity contribution in [2.45, 2.75) is 38.8 Å². The third-order valence-corrected chi connectivity index (χ3v) is 4.34. The predicted octanol–water partition coefficient (Wildman–Crippen LogP) is 1.61. The number of nitrogens with one attached hydrogen (secondary N) is 1. The van der Waals surface area contributed by atoms with Gasteiger partial charge in [0.1, 0.15) is 5.75 Å². The number of anilines is 1. The first-order valence-electron chi connectivity index (χ1n) is 8.57. The Hall–Kier alpha value is -2.28. The minimum absolute atomic E-state index is 0.212. The monoisotopic (exact) mass is 331 g/mol. The summed E-state index contributed by atoms with van der Waals surface area (Å²) in [5.41, 5.74) is 6.62. The van der Waals surface area contributed by atoms with Gasteiger partial charge in [-0.3, -0.25) is 9.47 Å². The molecule has 0 aliphatic carbocycles. The zero-order chi connectivity index (χ0) is 16.8. The zero-order valence-corrected chi connectivity index (χ0v) is 13.9. The number of ether oxygens (including phenoxy) is 1. The summed E-state index contributed by atoms with van der Waals surface area (Å²) in [6.07, 6.45) is 4.64. The standard InChI is InChI=1S/C17H25N5O2/c18-16-19-20-17(23)22(16)10-5-11-24-15-7-4-6-14(12-15)13-21-8-2-1-3-9-21/h4,6-7,12H,1-3,5,8-11,13H2,(H2,18,19)(H,20,23). The Labute approximate surface area is 141 Å². The molecule has 130 valence electrons. The number of rotatable bonds is 7. The zero-order valence-electron chi connectivity index (χ0n) is 13.9. The summed E-state index contributed by atoms with van der Waals surface area (Å²) in [5, 5.41) is 6.01. The van der Waals surface area contributed by atoms with Crippen LogP contribution in [0.15, 0.2) is 29.1 Å².